The van der Waals surface area contributed by atoms with Crippen LogP contribution in [0.4, 0.5) is 11.4 Å². The number of hydrazone groups is 1. The van der Waals surface area contributed by atoms with E-state index in [9.17, 15) is 9.59 Å². The Labute approximate surface area is 153 Å². The molecule has 6 heteroatoms. The second kappa shape index (κ2) is 8.80. The molecule has 2 aromatic rings. The number of carbonyl (C=O) groups excluding carboxylic acids is 2. The first kappa shape index (κ1) is 19.2. The van der Waals surface area contributed by atoms with Crippen molar-refractivity contribution in [2.24, 2.45) is 5.10 Å². The van der Waals surface area contributed by atoms with E-state index >= 15 is 0 Å². The van der Waals surface area contributed by atoms with Crippen molar-refractivity contribution in [3.8, 4) is 0 Å². The molecule has 2 aromatic carbocycles. The lowest BCUT2D eigenvalue weighted by molar-refractivity contribution is -0.124. The van der Waals surface area contributed by atoms with Crippen LogP contribution in [0.1, 0.15) is 36.5 Å². The molecule has 0 heterocycles. The zero-order chi connectivity index (χ0) is 19.1. The standard InChI is InChI=1S/C20H24N4O2/c1-13-7-8-18(11-14(13)2)22-19(25)9-10-20(26)24-23-15(3)16-5-4-6-17(21)12-16/h4-8,11-12H,9-10,21H2,1-3H3,(H,22,25)(H,24,26)/b23-15+. The van der Waals surface area contributed by atoms with Gasteiger partial charge in [-0.3, -0.25) is 9.59 Å². The third-order valence-corrected chi connectivity index (χ3v) is 4.02. The molecule has 0 aliphatic rings. The van der Waals surface area contributed by atoms with Gasteiger partial charge in [0.25, 0.3) is 0 Å². The van der Waals surface area contributed by atoms with Crippen molar-refractivity contribution >= 4 is 28.9 Å². The molecule has 0 bridgehead atoms. The summed E-state index contributed by atoms with van der Waals surface area (Å²) < 4.78 is 0. The Morgan fingerprint density at radius 1 is 1.00 bits per heavy atom. The number of hydrogen-bond donors (Lipinski definition) is 3. The summed E-state index contributed by atoms with van der Waals surface area (Å²) in [6, 6.07) is 12.9. The van der Waals surface area contributed by atoms with Gasteiger partial charge in [-0.05, 0) is 61.7 Å². The molecule has 0 aliphatic carbocycles. The van der Waals surface area contributed by atoms with Crippen molar-refractivity contribution < 1.29 is 9.59 Å². The maximum Gasteiger partial charge on any atom is 0.240 e. The molecule has 136 valence electrons. The Morgan fingerprint density at radius 3 is 2.42 bits per heavy atom. The van der Waals surface area contributed by atoms with Crippen molar-refractivity contribution in [2.45, 2.75) is 33.6 Å². The Kier molecular flexibility index (Phi) is 6.49. The van der Waals surface area contributed by atoms with E-state index < -0.39 is 0 Å². The van der Waals surface area contributed by atoms with Crippen LogP contribution in [0.3, 0.4) is 0 Å². The summed E-state index contributed by atoms with van der Waals surface area (Å²) in [5.74, 6) is -0.525. The minimum Gasteiger partial charge on any atom is -0.399 e. The molecule has 0 saturated carbocycles. The minimum atomic E-state index is -0.316. The third-order valence-electron chi connectivity index (χ3n) is 4.02. The number of amides is 2. The molecule has 0 aliphatic heterocycles. The smallest absolute Gasteiger partial charge is 0.240 e. The van der Waals surface area contributed by atoms with Gasteiger partial charge in [0.2, 0.25) is 11.8 Å². The first-order chi connectivity index (χ1) is 12.3. The van der Waals surface area contributed by atoms with E-state index in [1.54, 1.807) is 19.1 Å². The van der Waals surface area contributed by atoms with E-state index in [4.69, 9.17) is 5.73 Å². The molecular weight excluding hydrogens is 328 g/mol. The lowest BCUT2D eigenvalue weighted by Crippen LogP contribution is -2.21. The van der Waals surface area contributed by atoms with E-state index in [0.717, 1.165) is 22.4 Å². The number of hydrogen-bond acceptors (Lipinski definition) is 4. The van der Waals surface area contributed by atoms with E-state index in [1.165, 1.54) is 0 Å². The van der Waals surface area contributed by atoms with Gasteiger partial charge in [0.15, 0.2) is 0 Å². The molecule has 0 saturated heterocycles. The second-order valence-electron chi connectivity index (χ2n) is 6.20. The van der Waals surface area contributed by atoms with Crippen molar-refractivity contribution in [1.29, 1.82) is 0 Å². The fourth-order valence-electron chi connectivity index (χ4n) is 2.30. The van der Waals surface area contributed by atoms with Gasteiger partial charge >= 0.3 is 0 Å². The summed E-state index contributed by atoms with van der Waals surface area (Å²) >= 11 is 0. The monoisotopic (exact) mass is 352 g/mol. The van der Waals surface area contributed by atoms with Crippen LogP contribution in [0.25, 0.3) is 0 Å². The van der Waals surface area contributed by atoms with Gasteiger partial charge in [-0.1, -0.05) is 18.2 Å². The number of nitrogen functional groups attached to an aromatic ring is 1. The Morgan fingerprint density at radius 2 is 1.73 bits per heavy atom. The molecule has 0 fully saturated rings. The zero-order valence-corrected chi connectivity index (χ0v) is 15.3. The SMILES string of the molecule is C/C(=N\NC(=O)CCC(=O)Nc1ccc(C)c(C)c1)c1cccc(N)c1. The average Bonchev–Trinajstić information content (AvgIpc) is 2.61. The number of carbonyl (C=O) groups is 2. The molecule has 6 nitrogen and oxygen atoms in total. The van der Waals surface area contributed by atoms with Gasteiger partial charge in [-0.25, -0.2) is 5.43 Å². The van der Waals surface area contributed by atoms with E-state index in [0.29, 0.717) is 11.4 Å². The molecule has 4 N–H and O–H groups in total. The predicted molar refractivity (Wildman–Crippen MR) is 105 cm³/mol. The summed E-state index contributed by atoms with van der Waals surface area (Å²) in [6.07, 6.45) is 0.149. The maximum atomic E-state index is 12.0. The molecule has 0 radical (unpaired) electrons. The van der Waals surface area contributed by atoms with Crippen molar-refractivity contribution in [1.82, 2.24) is 5.43 Å². The molecule has 0 aromatic heterocycles. The van der Waals surface area contributed by atoms with Crippen LogP contribution < -0.4 is 16.5 Å². The van der Waals surface area contributed by atoms with Crippen molar-refractivity contribution in [2.75, 3.05) is 11.1 Å². The van der Waals surface area contributed by atoms with Crippen LogP contribution in [0, 0.1) is 13.8 Å². The lowest BCUT2D eigenvalue weighted by atomic mass is 10.1. The van der Waals surface area contributed by atoms with Crippen molar-refractivity contribution in [3.05, 3.63) is 59.2 Å². The van der Waals surface area contributed by atoms with Crippen LogP contribution in [-0.2, 0) is 9.59 Å². The lowest BCUT2D eigenvalue weighted by Gasteiger charge is -2.07. The maximum absolute atomic E-state index is 12.0. The predicted octanol–water partition coefficient (Wildman–Crippen LogP) is 3.14. The van der Waals surface area contributed by atoms with E-state index in [2.05, 4.69) is 15.8 Å². The Balaban J connectivity index is 1.81. The summed E-state index contributed by atoms with van der Waals surface area (Å²) in [5, 5.41) is 6.84. The number of aryl methyl sites for hydroxylation is 2. The second-order valence-corrected chi connectivity index (χ2v) is 6.20. The van der Waals surface area contributed by atoms with Gasteiger partial charge in [-0.2, -0.15) is 5.10 Å². The highest BCUT2D eigenvalue weighted by Crippen LogP contribution is 2.14. The Bertz CT molecular complexity index is 843. The fourth-order valence-corrected chi connectivity index (χ4v) is 2.30. The van der Waals surface area contributed by atoms with Crippen LogP contribution in [0.5, 0.6) is 0 Å². The molecular formula is C20H24N4O2. The fraction of sp³-hybridized carbons (Fsp3) is 0.250. The largest absolute Gasteiger partial charge is 0.399 e. The number of nitrogens with zero attached hydrogens (tertiary/aromatic N) is 1. The summed E-state index contributed by atoms with van der Waals surface area (Å²) in [4.78, 5) is 23.8. The minimum absolute atomic E-state index is 0.0599. The molecule has 0 spiro atoms. The van der Waals surface area contributed by atoms with E-state index in [1.807, 2.05) is 44.2 Å². The van der Waals surface area contributed by atoms with Crippen LogP contribution in [-0.4, -0.2) is 17.5 Å². The van der Waals surface area contributed by atoms with Gasteiger partial charge in [0.1, 0.15) is 0 Å². The van der Waals surface area contributed by atoms with Crippen LogP contribution in [0.2, 0.25) is 0 Å². The third kappa shape index (κ3) is 5.73. The van der Waals surface area contributed by atoms with Gasteiger partial charge in [0.05, 0.1) is 5.71 Å². The van der Waals surface area contributed by atoms with Gasteiger partial charge < -0.3 is 11.1 Å². The number of nitrogens with two attached hydrogens (primary N) is 1. The first-order valence-electron chi connectivity index (χ1n) is 8.41. The molecule has 2 amide bonds. The number of nitrogens with one attached hydrogen (secondary N) is 2. The summed E-state index contributed by atoms with van der Waals surface area (Å²) in [5.41, 5.74) is 13.3. The normalized spacial score (nSPS) is 11.1. The highest BCUT2D eigenvalue weighted by Gasteiger charge is 2.08. The highest BCUT2D eigenvalue weighted by atomic mass is 16.2. The topological polar surface area (TPSA) is 96.6 Å². The Hall–Kier alpha value is -3.15. The average molecular weight is 352 g/mol. The quantitative estimate of drug-likeness (QED) is 0.423. The molecule has 2 rings (SSSR count). The summed E-state index contributed by atoms with van der Waals surface area (Å²) in [6.45, 7) is 5.78. The summed E-state index contributed by atoms with van der Waals surface area (Å²) in [7, 11) is 0. The number of rotatable bonds is 6. The number of benzene rings is 2. The van der Waals surface area contributed by atoms with Crippen molar-refractivity contribution in [3.63, 3.8) is 0 Å². The number of anilines is 2. The van der Waals surface area contributed by atoms with Crippen LogP contribution in [0.15, 0.2) is 47.6 Å². The zero-order valence-electron chi connectivity index (χ0n) is 15.3. The van der Waals surface area contributed by atoms with Gasteiger partial charge in [0, 0.05) is 24.2 Å². The molecule has 0 atom stereocenters. The van der Waals surface area contributed by atoms with Gasteiger partial charge in [-0.15, -0.1) is 0 Å². The highest BCUT2D eigenvalue weighted by molar-refractivity contribution is 6.00. The molecule has 0 unspecified atom stereocenters. The van der Waals surface area contributed by atoms with Crippen LogP contribution >= 0.6 is 0 Å². The first-order valence-corrected chi connectivity index (χ1v) is 8.41. The van der Waals surface area contributed by atoms with E-state index in [-0.39, 0.29) is 24.7 Å². The molecule has 26 heavy (non-hydrogen) atoms.